The number of rotatable bonds is 4. The van der Waals surface area contributed by atoms with Gasteiger partial charge in [-0.15, -0.1) is 0 Å². The van der Waals surface area contributed by atoms with Crippen LogP contribution in [0.25, 0.3) is 0 Å². The lowest BCUT2D eigenvalue weighted by Gasteiger charge is -2.36. The first-order chi connectivity index (χ1) is 8.88. The molecule has 1 aliphatic heterocycles. The van der Waals surface area contributed by atoms with Gasteiger partial charge < -0.3 is 9.88 Å². The van der Waals surface area contributed by atoms with Gasteiger partial charge in [0, 0.05) is 37.6 Å². The van der Waals surface area contributed by atoms with Gasteiger partial charge in [0.05, 0.1) is 6.54 Å². The molecule has 18 heavy (non-hydrogen) atoms. The Labute approximate surface area is 109 Å². The van der Waals surface area contributed by atoms with Gasteiger partial charge in [-0.3, -0.25) is 4.90 Å². The highest BCUT2D eigenvalue weighted by Crippen LogP contribution is 2.27. The molecule has 2 heterocycles. The molecule has 1 aliphatic carbocycles. The summed E-state index contributed by atoms with van der Waals surface area (Å²) in [4.78, 5) is 7.11. The molecule has 3 rings (SSSR count). The van der Waals surface area contributed by atoms with Crippen LogP contribution in [0.1, 0.15) is 38.4 Å². The van der Waals surface area contributed by atoms with Crippen molar-refractivity contribution in [2.75, 3.05) is 13.1 Å². The van der Waals surface area contributed by atoms with Crippen molar-refractivity contribution in [3.8, 4) is 0 Å². The molecule has 1 fully saturated rings. The summed E-state index contributed by atoms with van der Waals surface area (Å²) in [6.07, 6.45) is 9.33. The molecular weight excluding hydrogens is 224 g/mol. The van der Waals surface area contributed by atoms with Gasteiger partial charge >= 0.3 is 0 Å². The van der Waals surface area contributed by atoms with E-state index in [0.29, 0.717) is 6.04 Å². The summed E-state index contributed by atoms with van der Waals surface area (Å²) in [6, 6.07) is 1.42. The largest absolute Gasteiger partial charge is 0.333 e. The van der Waals surface area contributed by atoms with Crippen LogP contribution in [-0.2, 0) is 13.1 Å². The maximum absolute atomic E-state index is 4.47. The molecule has 2 unspecified atom stereocenters. The van der Waals surface area contributed by atoms with Crippen molar-refractivity contribution >= 4 is 0 Å². The molecule has 2 aliphatic rings. The Morgan fingerprint density at radius 3 is 3.22 bits per heavy atom. The van der Waals surface area contributed by atoms with Gasteiger partial charge in [-0.2, -0.15) is 0 Å². The minimum absolute atomic E-state index is 0.700. The Morgan fingerprint density at radius 1 is 1.39 bits per heavy atom. The summed E-state index contributed by atoms with van der Waals surface area (Å²) < 4.78 is 2.29. The third-order valence-electron chi connectivity index (χ3n) is 4.38. The SMILES string of the molecule is CCCNC1CCCC1N1CCn2ccnc2C1. The van der Waals surface area contributed by atoms with Crippen LogP contribution in [0.5, 0.6) is 0 Å². The van der Waals surface area contributed by atoms with Crippen molar-refractivity contribution in [2.45, 2.75) is 57.8 Å². The van der Waals surface area contributed by atoms with Crippen LogP contribution in [0.3, 0.4) is 0 Å². The lowest BCUT2D eigenvalue weighted by molar-refractivity contribution is 0.134. The normalized spacial score (nSPS) is 28.5. The Bertz CT molecular complexity index is 387. The number of nitrogens with zero attached hydrogens (tertiary/aromatic N) is 3. The fourth-order valence-corrected chi connectivity index (χ4v) is 3.42. The molecule has 0 radical (unpaired) electrons. The second kappa shape index (κ2) is 5.41. The minimum Gasteiger partial charge on any atom is -0.333 e. The Hall–Kier alpha value is -0.870. The minimum atomic E-state index is 0.700. The summed E-state index contributed by atoms with van der Waals surface area (Å²) in [5, 5.41) is 3.73. The van der Waals surface area contributed by atoms with Crippen LogP contribution >= 0.6 is 0 Å². The molecule has 1 N–H and O–H groups in total. The van der Waals surface area contributed by atoms with Crippen molar-refractivity contribution in [1.82, 2.24) is 19.8 Å². The molecule has 0 amide bonds. The first kappa shape index (κ1) is 12.2. The molecule has 0 spiro atoms. The fourth-order valence-electron chi connectivity index (χ4n) is 3.42. The van der Waals surface area contributed by atoms with Crippen LogP contribution in [-0.4, -0.2) is 39.6 Å². The maximum atomic E-state index is 4.47. The molecule has 1 saturated carbocycles. The highest BCUT2D eigenvalue weighted by atomic mass is 15.3. The molecule has 100 valence electrons. The van der Waals surface area contributed by atoms with Crippen LogP contribution < -0.4 is 5.32 Å². The van der Waals surface area contributed by atoms with E-state index in [1.807, 2.05) is 6.20 Å². The number of imidazole rings is 1. The molecule has 0 aromatic carbocycles. The lowest BCUT2D eigenvalue weighted by Crippen LogP contribution is -2.49. The molecule has 0 bridgehead atoms. The topological polar surface area (TPSA) is 33.1 Å². The molecule has 1 aromatic heterocycles. The van der Waals surface area contributed by atoms with Crippen molar-refractivity contribution in [3.63, 3.8) is 0 Å². The monoisotopic (exact) mass is 248 g/mol. The first-order valence-corrected chi connectivity index (χ1v) is 7.36. The van der Waals surface area contributed by atoms with E-state index in [9.17, 15) is 0 Å². The summed E-state index contributed by atoms with van der Waals surface area (Å²) in [5.74, 6) is 1.24. The highest BCUT2D eigenvalue weighted by molar-refractivity contribution is 4.99. The van der Waals surface area contributed by atoms with Gasteiger partial charge in [-0.05, 0) is 25.8 Å². The standard InChI is InChI=1S/C14H24N4/c1-2-6-15-12-4-3-5-13(12)18-10-9-17-8-7-16-14(17)11-18/h7-8,12-13,15H,2-6,9-11H2,1H3. The number of nitrogens with one attached hydrogen (secondary N) is 1. The average Bonchev–Trinajstić information content (AvgIpc) is 3.03. The summed E-state index contributed by atoms with van der Waals surface area (Å²) in [6.45, 7) is 6.71. The Kier molecular flexibility index (Phi) is 3.66. The van der Waals surface area contributed by atoms with Crippen LogP contribution in [0.15, 0.2) is 12.4 Å². The zero-order valence-corrected chi connectivity index (χ0v) is 11.3. The van der Waals surface area contributed by atoms with Crippen molar-refractivity contribution < 1.29 is 0 Å². The molecule has 4 nitrogen and oxygen atoms in total. The summed E-state index contributed by atoms with van der Waals surface area (Å²) in [7, 11) is 0. The quantitative estimate of drug-likeness (QED) is 0.879. The highest BCUT2D eigenvalue weighted by Gasteiger charge is 2.33. The second-order valence-electron chi connectivity index (χ2n) is 5.57. The van der Waals surface area contributed by atoms with Gasteiger partial charge in [-0.25, -0.2) is 4.98 Å². The summed E-state index contributed by atoms with van der Waals surface area (Å²) in [5.41, 5.74) is 0. The zero-order valence-electron chi connectivity index (χ0n) is 11.3. The molecule has 1 aromatic rings. The van der Waals surface area contributed by atoms with E-state index in [4.69, 9.17) is 0 Å². The van der Waals surface area contributed by atoms with E-state index in [2.05, 4.69) is 32.9 Å². The van der Waals surface area contributed by atoms with Gasteiger partial charge in [0.2, 0.25) is 0 Å². The van der Waals surface area contributed by atoms with Crippen LogP contribution in [0.4, 0.5) is 0 Å². The number of hydrogen-bond donors (Lipinski definition) is 1. The van der Waals surface area contributed by atoms with E-state index in [1.165, 1.54) is 38.1 Å². The van der Waals surface area contributed by atoms with E-state index < -0.39 is 0 Å². The van der Waals surface area contributed by atoms with Crippen molar-refractivity contribution in [2.24, 2.45) is 0 Å². The average molecular weight is 248 g/mol. The third kappa shape index (κ3) is 2.31. The van der Waals surface area contributed by atoms with Gasteiger partial charge in [0.15, 0.2) is 0 Å². The van der Waals surface area contributed by atoms with Gasteiger partial charge in [0.1, 0.15) is 5.82 Å². The number of fused-ring (bicyclic) bond motifs is 1. The van der Waals surface area contributed by atoms with E-state index in [1.54, 1.807) is 0 Å². The number of hydrogen-bond acceptors (Lipinski definition) is 3. The Morgan fingerprint density at radius 2 is 2.33 bits per heavy atom. The van der Waals surface area contributed by atoms with E-state index in [0.717, 1.165) is 25.7 Å². The maximum Gasteiger partial charge on any atom is 0.122 e. The van der Waals surface area contributed by atoms with Gasteiger partial charge in [-0.1, -0.05) is 13.3 Å². The van der Waals surface area contributed by atoms with E-state index in [-0.39, 0.29) is 0 Å². The smallest absolute Gasteiger partial charge is 0.122 e. The van der Waals surface area contributed by atoms with Crippen LogP contribution in [0, 0.1) is 0 Å². The Balaban J connectivity index is 1.64. The molecular formula is C14H24N4. The van der Waals surface area contributed by atoms with Crippen LogP contribution in [0.2, 0.25) is 0 Å². The molecule has 2 atom stereocenters. The summed E-state index contributed by atoms with van der Waals surface area (Å²) >= 11 is 0. The second-order valence-corrected chi connectivity index (χ2v) is 5.57. The molecule has 4 heteroatoms. The zero-order chi connectivity index (χ0) is 12.4. The predicted octanol–water partition coefficient (Wildman–Crippen LogP) is 1.62. The fraction of sp³-hybridized carbons (Fsp3) is 0.786. The van der Waals surface area contributed by atoms with Crippen molar-refractivity contribution in [1.29, 1.82) is 0 Å². The van der Waals surface area contributed by atoms with E-state index >= 15 is 0 Å². The lowest BCUT2D eigenvalue weighted by atomic mass is 10.1. The van der Waals surface area contributed by atoms with Crippen molar-refractivity contribution in [3.05, 3.63) is 18.2 Å². The number of aromatic nitrogens is 2. The third-order valence-corrected chi connectivity index (χ3v) is 4.38. The predicted molar refractivity (Wildman–Crippen MR) is 72.4 cm³/mol. The molecule has 0 saturated heterocycles. The van der Waals surface area contributed by atoms with Gasteiger partial charge in [0.25, 0.3) is 0 Å². The first-order valence-electron chi connectivity index (χ1n) is 7.36.